The van der Waals surface area contributed by atoms with Crippen LogP contribution >= 0.6 is 0 Å². The van der Waals surface area contributed by atoms with Gasteiger partial charge in [0.15, 0.2) is 0 Å². The van der Waals surface area contributed by atoms with E-state index in [4.69, 9.17) is 4.74 Å². The zero-order valence-corrected chi connectivity index (χ0v) is 15.9. The van der Waals surface area contributed by atoms with Gasteiger partial charge in [-0.25, -0.2) is 4.39 Å². The Hall–Kier alpha value is -1.99. The minimum Gasteiger partial charge on any atom is -0.385 e. The molecule has 0 unspecified atom stereocenters. The van der Waals surface area contributed by atoms with Crippen LogP contribution in [0.5, 0.6) is 0 Å². The van der Waals surface area contributed by atoms with E-state index in [0.717, 1.165) is 24.8 Å². The van der Waals surface area contributed by atoms with Crippen molar-refractivity contribution in [1.82, 2.24) is 15.1 Å². The van der Waals surface area contributed by atoms with E-state index in [1.165, 1.54) is 12.1 Å². The summed E-state index contributed by atoms with van der Waals surface area (Å²) in [6.07, 6.45) is 2.44. The van der Waals surface area contributed by atoms with E-state index in [-0.39, 0.29) is 17.6 Å². The van der Waals surface area contributed by atoms with Gasteiger partial charge in [-0.3, -0.25) is 14.5 Å². The van der Waals surface area contributed by atoms with E-state index in [2.05, 4.69) is 10.2 Å². The molecule has 0 radical (unpaired) electrons. The number of nitrogens with one attached hydrogen (secondary N) is 1. The van der Waals surface area contributed by atoms with Gasteiger partial charge >= 0.3 is 0 Å². The van der Waals surface area contributed by atoms with Crippen molar-refractivity contribution in [3.63, 3.8) is 0 Å². The summed E-state index contributed by atoms with van der Waals surface area (Å²) >= 11 is 0. The number of hydrogen-bond acceptors (Lipinski definition) is 4. The molecule has 0 bridgehead atoms. The van der Waals surface area contributed by atoms with E-state index in [1.54, 1.807) is 19.2 Å². The minimum absolute atomic E-state index is 0.0101. The molecule has 6 nitrogen and oxygen atoms in total. The van der Waals surface area contributed by atoms with Crippen LogP contribution in [0.15, 0.2) is 24.3 Å². The summed E-state index contributed by atoms with van der Waals surface area (Å²) in [5, 5.41) is 2.89. The third-order valence-electron chi connectivity index (χ3n) is 5.43. The molecule has 1 saturated heterocycles. The molecule has 1 aliphatic heterocycles. The molecule has 1 aromatic rings. The first-order chi connectivity index (χ1) is 13.0. The van der Waals surface area contributed by atoms with Crippen molar-refractivity contribution in [3.05, 3.63) is 35.6 Å². The number of benzene rings is 1. The number of ether oxygens (including phenoxy) is 1. The average Bonchev–Trinajstić information content (AvgIpc) is 3.48. The zero-order chi connectivity index (χ0) is 19.3. The highest BCUT2D eigenvalue weighted by atomic mass is 19.1. The maximum Gasteiger partial charge on any atom is 0.234 e. The van der Waals surface area contributed by atoms with Crippen LogP contribution in [0, 0.1) is 5.82 Å². The first-order valence-electron chi connectivity index (χ1n) is 9.58. The molecule has 0 atom stereocenters. The number of amides is 2. The predicted octanol–water partition coefficient (Wildman–Crippen LogP) is 1.15. The van der Waals surface area contributed by atoms with Gasteiger partial charge in [0.1, 0.15) is 5.82 Å². The van der Waals surface area contributed by atoms with Gasteiger partial charge in [0.25, 0.3) is 0 Å². The summed E-state index contributed by atoms with van der Waals surface area (Å²) in [4.78, 5) is 29.0. The molecule has 0 aromatic heterocycles. The standard InChI is InChI=1S/C20H28FN3O3/c1-27-14-2-9-22-18(25)15-23-10-12-24(13-11-23)19(26)20(7-8-20)16-3-5-17(21)6-4-16/h3-6H,2,7-15H2,1H3,(H,22,25). The molecule has 1 aromatic carbocycles. The maximum absolute atomic E-state index is 13.2. The molecule has 2 amide bonds. The van der Waals surface area contributed by atoms with Gasteiger partial charge in [-0.2, -0.15) is 0 Å². The van der Waals surface area contributed by atoms with Crippen molar-refractivity contribution in [1.29, 1.82) is 0 Å². The molecule has 7 heteroatoms. The molecular formula is C20H28FN3O3. The van der Waals surface area contributed by atoms with E-state index in [0.29, 0.717) is 45.9 Å². The van der Waals surface area contributed by atoms with Crippen LogP contribution in [-0.2, 0) is 19.7 Å². The van der Waals surface area contributed by atoms with Gasteiger partial charge < -0.3 is 15.0 Å². The number of carbonyl (C=O) groups is 2. The fraction of sp³-hybridized carbons (Fsp3) is 0.600. The molecule has 3 rings (SSSR count). The monoisotopic (exact) mass is 377 g/mol. The van der Waals surface area contributed by atoms with Crippen molar-refractivity contribution >= 4 is 11.8 Å². The Morgan fingerprint density at radius 1 is 1.15 bits per heavy atom. The Balaban J connectivity index is 1.46. The van der Waals surface area contributed by atoms with E-state index < -0.39 is 5.41 Å². The quantitative estimate of drug-likeness (QED) is 0.691. The highest BCUT2D eigenvalue weighted by molar-refractivity contribution is 5.91. The van der Waals surface area contributed by atoms with Crippen molar-refractivity contribution in [2.24, 2.45) is 0 Å². The molecule has 2 fully saturated rings. The van der Waals surface area contributed by atoms with Crippen molar-refractivity contribution in [2.45, 2.75) is 24.7 Å². The lowest BCUT2D eigenvalue weighted by molar-refractivity contribution is -0.136. The van der Waals surface area contributed by atoms with E-state index >= 15 is 0 Å². The second kappa shape index (κ2) is 8.80. The predicted molar refractivity (Wildman–Crippen MR) is 99.8 cm³/mol. The SMILES string of the molecule is COCCCNC(=O)CN1CCN(C(=O)C2(c3ccc(F)cc3)CC2)CC1. The van der Waals surface area contributed by atoms with E-state index in [9.17, 15) is 14.0 Å². The Labute approximate surface area is 159 Å². The van der Waals surface area contributed by atoms with Crippen molar-refractivity contribution in [2.75, 3.05) is 53.0 Å². The lowest BCUT2D eigenvalue weighted by atomic mass is 9.94. The van der Waals surface area contributed by atoms with Gasteiger partial charge in [0.05, 0.1) is 12.0 Å². The van der Waals surface area contributed by atoms with Gasteiger partial charge in [-0.1, -0.05) is 12.1 Å². The second-order valence-corrected chi connectivity index (χ2v) is 7.35. The number of methoxy groups -OCH3 is 1. The molecule has 27 heavy (non-hydrogen) atoms. The average molecular weight is 377 g/mol. The topological polar surface area (TPSA) is 61.9 Å². The van der Waals surface area contributed by atoms with Crippen LogP contribution in [0.1, 0.15) is 24.8 Å². The van der Waals surface area contributed by atoms with Crippen LogP contribution in [0.3, 0.4) is 0 Å². The molecule has 2 aliphatic rings. The van der Waals surface area contributed by atoms with Gasteiger partial charge in [0.2, 0.25) is 11.8 Å². The summed E-state index contributed by atoms with van der Waals surface area (Å²) < 4.78 is 18.1. The third kappa shape index (κ3) is 4.84. The summed E-state index contributed by atoms with van der Waals surface area (Å²) in [5.74, 6) is -0.134. The summed E-state index contributed by atoms with van der Waals surface area (Å²) in [7, 11) is 1.64. The Kier molecular flexibility index (Phi) is 6.44. The van der Waals surface area contributed by atoms with Crippen LogP contribution < -0.4 is 5.32 Å². The first kappa shape index (κ1) is 19.8. The summed E-state index contributed by atoms with van der Waals surface area (Å²) in [6, 6.07) is 6.30. The van der Waals surface area contributed by atoms with Gasteiger partial charge in [-0.15, -0.1) is 0 Å². The number of nitrogens with zero attached hydrogens (tertiary/aromatic N) is 2. The first-order valence-corrected chi connectivity index (χ1v) is 9.58. The molecule has 148 valence electrons. The van der Waals surface area contributed by atoms with Gasteiger partial charge in [0, 0.05) is 46.4 Å². The van der Waals surface area contributed by atoms with Crippen LogP contribution in [0.2, 0.25) is 0 Å². The largest absolute Gasteiger partial charge is 0.385 e. The lowest BCUT2D eigenvalue weighted by Gasteiger charge is -2.36. The molecule has 1 N–H and O–H groups in total. The van der Waals surface area contributed by atoms with Crippen molar-refractivity contribution in [3.8, 4) is 0 Å². The normalized spacial score (nSPS) is 19.0. The number of carbonyl (C=O) groups excluding carboxylic acids is 2. The third-order valence-corrected chi connectivity index (χ3v) is 5.43. The molecule has 1 saturated carbocycles. The number of piperazine rings is 1. The summed E-state index contributed by atoms with van der Waals surface area (Å²) in [5.41, 5.74) is 0.445. The zero-order valence-electron chi connectivity index (χ0n) is 15.9. The number of rotatable bonds is 8. The molecule has 1 heterocycles. The Morgan fingerprint density at radius 3 is 2.41 bits per heavy atom. The lowest BCUT2D eigenvalue weighted by Crippen LogP contribution is -2.53. The van der Waals surface area contributed by atoms with Crippen molar-refractivity contribution < 1.29 is 18.7 Å². The van der Waals surface area contributed by atoms with Gasteiger partial charge in [-0.05, 0) is 37.0 Å². The fourth-order valence-electron chi connectivity index (χ4n) is 3.63. The highest BCUT2D eigenvalue weighted by Gasteiger charge is 2.53. The smallest absolute Gasteiger partial charge is 0.234 e. The van der Waals surface area contributed by atoms with E-state index in [1.807, 2.05) is 4.90 Å². The Morgan fingerprint density at radius 2 is 1.81 bits per heavy atom. The van der Waals surface area contributed by atoms with Crippen LogP contribution in [-0.4, -0.2) is 74.6 Å². The number of halogens is 1. The van der Waals surface area contributed by atoms with Crippen LogP contribution in [0.4, 0.5) is 4.39 Å². The minimum atomic E-state index is -0.464. The Bertz CT molecular complexity index is 653. The molecule has 1 aliphatic carbocycles. The van der Waals surface area contributed by atoms with Crippen LogP contribution in [0.25, 0.3) is 0 Å². The fourth-order valence-corrected chi connectivity index (χ4v) is 3.63. The molecule has 0 spiro atoms. The maximum atomic E-state index is 13.2. The second-order valence-electron chi connectivity index (χ2n) is 7.35. The highest BCUT2D eigenvalue weighted by Crippen LogP contribution is 2.49. The number of hydrogen-bond donors (Lipinski definition) is 1. The molecular weight excluding hydrogens is 349 g/mol. The summed E-state index contributed by atoms with van der Waals surface area (Å²) in [6.45, 7) is 4.24.